The number of hydrogen-bond donors (Lipinski definition) is 3. The van der Waals surface area contributed by atoms with Crippen LogP contribution in [0.5, 0.6) is 0 Å². The van der Waals surface area contributed by atoms with Gasteiger partial charge in [-0.1, -0.05) is 19.4 Å². The number of morpholine rings is 1. The quantitative estimate of drug-likeness (QED) is 0.448. The van der Waals surface area contributed by atoms with Crippen molar-refractivity contribution in [3.63, 3.8) is 0 Å². The maximum absolute atomic E-state index is 12.4. The van der Waals surface area contributed by atoms with Crippen molar-refractivity contribution < 1.29 is 27.9 Å². The maximum atomic E-state index is 12.4. The zero-order valence-electron chi connectivity index (χ0n) is 13.7. The van der Waals surface area contributed by atoms with Crippen molar-refractivity contribution in [2.75, 3.05) is 26.3 Å². The minimum absolute atomic E-state index is 0.0517. The molecule has 1 heterocycles. The average molecular weight is 363 g/mol. The van der Waals surface area contributed by atoms with E-state index in [1.54, 1.807) is 0 Å². The van der Waals surface area contributed by atoms with Gasteiger partial charge in [0.2, 0.25) is 5.91 Å². The number of ether oxygens (including phenoxy) is 1. The molecule has 1 aliphatic heterocycles. The highest BCUT2D eigenvalue weighted by atomic mass is 32.2. The van der Waals surface area contributed by atoms with Crippen LogP contribution in [0.3, 0.4) is 0 Å². The van der Waals surface area contributed by atoms with Crippen LogP contribution in [0.1, 0.15) is 26.2 Å². The average Bonchev–Trinajstić information content (AvgIpc) is 2.54. The Morgan fingerprint density at radius 3 is 2.46 bits per heavy atom. The van der Waals surface area contributed by atoms with Crippen LogP contribution in [0.25, 0.3) is 0 Å². The molecular formula is C14H25N3O6S. The van der Waals surface area contributed by atoms with E-state index in [9.17, 15) is 18.0 Å². The number of aliphatic carboxylic acids is 1. The molecule has 9 nitrogen and oxygen atoms in total. The number of amides is 1. The lowest BCUT2D eigenvalue weighted by molar-refractivity contribution is -0.142. The van der Waals surface area contributed by atoms with Gasteiger partial charge < -0.3 is 15.2 Å². The predicted molar refractivity (Wildman–Crippen MR) is 87.5 cm³/mol. The van der Waals surface area contributed by atoms with Crippen molar-refractivity contribution in [2.24, 2.45) is 0 Å². The number of carbonyl (C=O) groups is 2. The molecule has 0 spiro atoms. The minimum Gasteiger partial charge on any atom is -0.480 e. The lowest BCUT2D eigenvalue weighted by Crippen LogP contribution is -2.55. The molecule has 0 aromatic rings. The van der Waals surface area contributed by atoms with Gasteiger partial charge in [-0.3, -0.25) is 4.79 Å². The lowest BCUT2D eigenvalue weighted by atomic mass is 10.1. The number of hydrogen-bond acceptors (Lipinski definition) is 5. The number of carbonyl (C=O) groups excluding carboxylic acids is 1. The molecule has 1 aliphatic rings. The third kappa shape index (κ3) is 6.19. The molecule has 0 unspecified atom stereocenters. The molecular weight excluding hydrogens is 338 g/mol. The molecule has 1 rings (SSSR count). The van der Waals surface area contributed by atoms with Crippen LogP contribution in [-0.4, -0.2) is 68.1 Å². The molecule has 1 amide bonds. The standard InChI is InChI=1S/C14H25N3O6S/c1-3-5-11(13(18)15-12(6-4-2)14(19)20)16-24(21,22)17-7-9-23-10-8-17/h4,11-12,16H,2-3,5-10H2,1H3,(H,15,18)(H,19,20)/t11-,12-/m0/s1. The Bertz CT molecular complexity index is 545. The van der Waals surface area contributed by atoms with E-state index in [1.807, 2.05) is 6.92 Å². The fourth-order valence-corrected chi connectivity index (χ4v) is 3.60. The maximum Gasteiger partial charge on any atom is 0.326 e. The summed E-state index contributed by atoms with van der Waals surface area (Å²) < 4.78 is 33.4. The summed E-state index contributed by atoms with van der Waals surface area (Å²) in [4.78, 5) is 23.4. The van der Waals surface area contributed by atoms with Gasteiger partial charge in [0.1, 0.15) is 12.1 Å². The van der Waals surface area contributed by atoms with Gasteiger partial charge in [-0.05, 0) is 12.8 Å². The van der Waals surface area contributed by atoms with Gasteiger partial charge in [0, 0.05) is 13.1 Å². The Morgan fingerprint density at radius 2 is 1.96 bits per heavy atom. The third-order valence-electron chi connectivity index (χ3n) is 3.51. The van der Waals surface area contributed by atoms with Crippen LogP contribution in [0.15, 0.2) is 12.7 Å². The van der Waals surface area contributed by atoms with Crippen molar-refractivity contribution >= 4 is 22.1 Å². The van der Waals surface area contributed by atoms with Crippen molar-refractivity contribution in [3.05, 3.63) is 12.7 Å². The summed E-state index contributed by atoms with van der Waals surface area (Å²) in [5, 5.41) is 11.4. The Labute approximate surface area is 142 Å². The molecule has 1 fully saturated rings. The first-order valence-electron chi connectivity index (χ1n) is 7.81. The van der Waals surface area contributed by atoms with E-state index in [2.05, 4.69) is 16.6 Å². The number of rotatable bonds is 10. The smallest absolute Gasteiger partial charge is 0.326 e. The number of carboxylic acid groups (broad SMARTS) is 1. The van der Waals surface area contributed by atoms with E-state index in [4.69, 9.17) is 9.84 Å². The molecule has 0 aliphatic carbocycles. The highest BCUT2D eigenvalue weighted by Crippen LogP contribution is 2.07. The first kappa shape index (κ1) is 20.6. The van der Waals surface area contributed by atoms with Crippen molar-refractivity contribution in [3.8, 4) is 0 Å². The molecule has 3 N–H and O–H groups in total. The second-order valence-corrected chi connectivity index (χ2v) is 7.10. The van der Waals surface area contributed by atoms with Crippen molar-refractivity contribution in [1.29, 1.82) is 0 Å². The van der Waals surface area contributed by atoms with Crippen LogP contribution < -0.4 is 10.0 Å². The normalized spacial score (nSPS) is 18.5. The summed E-state index contributed by atoms with van der Waals surface area (Å²) >= 11 is 0. The summed E-state index contributed by atoms with van der Waals surface area (Å²) in [5.74, 6) is -1.86. The molecule has 0 radical (unpaired) electrons. The number of nitrogens with zero attached hydrogens (tertiary/aromatic N) is 1. The predicted octanol–water partition coefficient (Wildman–Crippen LogP) is -0.533. The topological polar surface area (TPSA) is 125 Å². The summed E-state index contributed by atoms with van der Waals surface area (Å²) in [6.45, 7) is 6.27. The monoisotopic (exact) mass is 363 g/mol. The zero-order chi connectivity index (χ0) is 18.2. The molecule has 2 atom stereocenters. The fourth-order valence-electron chi connectivity index (χ4n) is 2.23. The summed E-state index contributed by atoms with van der Waals surface area (Å²) in [5.41, 5.74) is 0. The Balaban J connectivity index is 2.78. The molecule has 0 aromatic carbocycles. The Morgan fingerprint density at radius 1 is 1.33 bits per heavy atom. The highest BCUT2D eigenvalue weighted by Gasteiger charge is 2.31. The third-order valence-corrected chi connectivity index (χ3v) is 5.14. The zero-order valence-corrected chi connectivity index (χ0v) is 14.5. The van der Waals surface area contributed by atoms with Crippen LogP contribution in [0.2, 0.25) is 0 Å². The first-order chi connectivity index (χ1) is 11.3. The van der Waals surface area contributed by atoms with E-state index < -0.39 is 34.2 Å². The summed E-state index contributed by atoms with van der Waals surface area (Å²) in [6, 6.07) is -2.17. The van der Waals surface area contributed by atoms with E-state index in [1.165, 1.54) is 10.4 Å². The van der Waals surface area contributed by atoms with Gasteiger partial charge >= 0.3 is 5.97 Å². The van der Waals surface area contributed by atoms with Crippen LogP contribution in [0, 0.1) is 0 Å². The van der Waals surface area contributed by atoms with Crippen molar-refractivity contribution in [2.45, 2.75) is 38.3 Å². The van der Waals surface area contributed by atoms with Crippen LogP contribution in [-0.2, 0) is 24.5 Å². The van der Waals surface area contributed by atoms with Crippen molar-refractivity contribution in [1.82, 2.24) is 14.3 Å². The van der Waals surface area contributed by atoms with E-state index >= 15 is 0 Å². The second-order valence-electron chi connectivity index (χ2n) is 5.40. The van der Waals surface area contributed by atoms with Gasteiger partial charge in [0.15, 0.2) is 0 Å². The fraction of sp³-hybridized carbons (Fsp3) is 0.714. The Hall–Kier alpha value is -1.49. The van der Waals surface area contributed by atoms with Gasteiger partial charge in [-0.15, -0.1) is 6.58 Å². The minimum atomic E-state index is -3.84. The molecule has 1 saturated heterocycles. The van der Waals surface area contributed by atoms with Crippen LogP contribution >= 0.6 is 0 Å². The van der Waals surface area contributed by atoms with E-state index in [0.717, 1.165) is 0 Å². The van der Waals surface area contributed by atoms with Gasteiger partial charge in [0.25, 0.3) is 10.2 Å². The summed E-state index contributed by atoms with van der Waals surface area (Å²) in [7, 11) is -3.84. The summed E-state index contributed by atoms with van der Waals surface area (Å²) in [6.07, 6.45) is 2.25. The largest absolute Gasteiger partial charge is 0.480 e. The van der Waals surface area contributed by atoms with E-state index in [-0.39, 0.29) is 25.9 Å². The highest BCUT2D eigenvalue weighted by molar-refractivity contribution is 7.87. The molecule has 0 bridgehead atoms. The van der Waals surface area contributed by atoms with Gasteiger partial charge in [-0.2, -0.15) is 17.4 Å². The Kier molecular flexibility index (Phi) is 8.32. The molecule has 24 heavy (non-hydrogen) atoms. The van der Waals surface area contributed by atoms with Crippen LogP contribution in [0.4, 0.5) is 0 Å². The van der Waals surface area contributed by atoms with Gasteiger partial charge in [-0.25, -0.2) is 4.79 Å². The lowest BCUT2D eigenvalue weighted by Gasteiger charge is -2.28. The number of carboxylic acids is 1. The second kappa shape index (κ2) is 9.72. The molecule has 0 saturated carbocycles. The molecule has 138 valence electrons. The van der Waals surface area contributed by atoms with Gasteiger partial charge in [0.05, 0.1) is 13.2 Å². The van der Waals surface area contributed by atoms with E-state index in [0.29, 0.717) is 19.6 Å². The first-order valence-corrected chi connectivity index (χ1v) is 9.25. The molecule has 0 aromatic heterocycles. The molecule has 10 heteroatoms. The number of nitrogens with one attached hydrogen (secondary N) is 2. The SMILES string of the molecule is C=CC[C@H](NC(=O)[C@H](CCC)NS(=O)(=O)N1CCOCC1)C(=O)O.